The highest BCUT2D eigenvalue weighted by molar-refractivity contribution is 6.31. The van der Waals surface area contributed by atoms with Gasteiger partial charge in [-0.15, -0.1) is 0 Å². The van der Waals surface area contributed by atoms with E-state index >= 15 is 0 Å². The fraction of sp³-hybridized carbons (Fsp3) is 0. The van der Waals surface area contributed by atoms with Crippen molar-refractivity contribution in [2.75, 3.05) is 0 Å². The van der Waals surface area contributed by atoms with E-state index in [1.807, 2.05) is 54.6 Å². The molecule has 0 spiro atoms. The number of nitro benzene ring substituents is 1. The fourth-order valence-electron chi connectivity index (χ4n) is 2.96. The van der Waals surface area contributed by atoms with Gasteiger partial charge in [-0.2, -0.15) is 0 Å². The molecule has 0 fully saturated rings. The van der Waals surface area contributed by atoms with E-state index in [1.54, 1.807) is 12.1 Å². The lowest BCUT2D eigenvalue weighted by Gasteiger charge is -2.11. The maximum atomic E-state index is 10.9. The number of benzene rings is 3. The molecule has 0 atom stereocenters. The van der Waals surface area contributed by atoms with Gasteiger partial charge in [0.2, 0.25) is 0 Å². The van der Waals surface area contributed by atoms with Crippen LogP contribution in [0.1, 0.15) is 0 Å². The van der Waals surface area contributed by atoms with Gasteiger partial charge < -0.3 is 0 Å². The molecule has 4 rings (SSSR count). The van der Waals surface area contributed by atoms with Crippen LogP contribution in [0.4, 0.5) is 5.69 Å². The summed E-state index contributed by atoms with van der Waals surface area (Å²) in [5.74, 6) is 0. The number of non-ortho nitro benzene ring substituents is 1. The van der Waals surface area contributed by atoms with E-state index in [9.17, 15) is 10.1 Å². The summed E-state index contributed by atoms with van der Waals surface area (Å²) >= 11 is 6.19. The van der Waals surface area contributed by atoms with Gasteiger partial charge >= 0.3 is 0 Å². The standard InChI is InChI=1S/C21H13ClN2O2/c22-16-8-11-20-19(12-16)18(14-4-2-1-3-5-14)13-21(23-20)15-6-9-17(10-7-15)24(25)26/h1-13H. The summed E-state index contributed by atoms with van der Waals surface area (Å²) in [6.07, 6.45) is 0. The predicted octanol–water partition coefficient (Wildman–Crippen LogP) is 6.13. The molecule has 0 aliphatic carbocycles. The van der Waals surface area contributed by atoms with Gasteiger partial charge in [-0.05, 0) is 47.5 Å². The number of hydrogen-bond donors (Lipinski definition) is 0. The smallest absolute Gasteiger partial charge is 0.258 e. The lowest BCUT2D eigenvalue weighted by Crippen LogP contribution is -1.91. The lowest BCUT2D eigenvalue weighted by molar-refractivity contribution is -0.384. The molecule has 0 aliphatic rings. The van der Waals surface area contributed by atoms with Crippen LogP contribution >= 0.6 is 11.6 Å². The zero-order valence-corrected chi connectivity index (χ0v) is 14.4. The van der Waals surface area contributed by atoms with Gasteiger partial charge in [0.15, 0.2) is 0 Å². The van der Waals surface area contributed by atoms with Gasteiger partial charge in [-0.25, -0.2) is 4.98 Å². The lowest BCUT2D eigenvalue weighted by atomic mass is 9.98. The van der Waals surface area contributed by atoms with Crippen molar-refractivity contribution < 1.29 is 4.92 Å². The molecule has 1 aromatic heterocycles. The molecule has 4 aromatic rings. The Kier molecular flexibility index (Phi) is 4.11. The van der Waals surface area contributed by atoms with Crippen LogP contribution < -0.4 is 0 Å². The average molecular weight is 361 g/mol. The Hall–Kier alpha value is -3.24. The van der Waals surface area contributed by atoms with Crippen LogP contribution in [-0.4, -0.2) is 9.91 Å². The van der Waals surface area contributed by atoms with Gasteiger partial charge in [0.1, 0.15) is 0 Å². The molecular formula is C21H13ClN2O2. The summed E-state index contributed by atoms with van der Waals surface area (Å²) in [6, 6.07) is 24.0. The second-order valence-electron chi connectivity index (χ2n) is 5.89. The molecule has 0 N–H and O–H groups in total. The molecule has 5 heteroatoms. The summed E-state index contributed by atoms with van der Waals surface area (Å²) in [6.45, 7) is 0. The van der Waals surface area contributed by atoms with Crippen LogP contribution in [-0.2, 0) is 0 Å². The zero-order chi connectivity index (χ0) is 18.1. The second kappa shape index (κ2) is 6.58. The van der Waals surface area contributed by atoms with Crippen molar-refractivity contribution in [3.63, 3.8) is 0 Å². The molecule has 0 saturated carbocycles. The van der Waals surface area contributed by atoms with E-state index in [0.29, 0.717) is 5.02 Å². The summed E-state index contributed by atoms with van der Waals surface area (Å²) in [5, 5.41) is 12.5. The first-order valence-electron chi connectivity index (χ1n) is 8.02. The third kappa shape index (κ3) is 3.03. The van der Waals surface area contributed by atoms with Gasteiger partial charge in [-0.1, -0.05) is 41.9 Å². The second-order valence-corrected chi connectivity index (χ2v) is 6.32. The quantitative estimate of drug-likeness (QED) is 0.326. The van der Waals surface area contributed by atoms with Crippen molar-refractivity contribution in [2.24, 2.45) is 0 Å². The Morgan fingerprint density at radius 1 is 0.846 bits per heavy atom. The van der Waals surface area contributed by atoms with Crippen molar-refractivity contribution in [1.29, 1.82) is 0 Å². The molecule has 0 amide bonds. The topological polar surface area (TPSA) is 56.0 Å². The predicted molar refractivity (Wildman–Crippen MR) is 104 cm³/mol. The Bertz CT molecular complexity index is 1110. The van der Waals surface area contributed by atoms with Crippen molar-refractivity contribution in [1.82, 2.24) is 4.98 Å². The van der Waals surface area contributed by atoms with Crippen LogP contribution in [0.5, 0.6) is 0 Å². The Labute approximate surface area is 154 Å². The highest BCUT2D eigenvalue weighted by Crippen LogP contribution is 2.33. The third-order valence-electron chi connectivity index (χ3n) is 4.23. The van der Waals surface area contributed by atoms with Gasteiger partial charge in [0.05, 0.1) is 16.1 Å². The number of rotatable bonds is 3. The summed E-state index contributed by atoms with van der Waals surface area (Å²) in [7, 11) is 0. The molecule has 0 radical (unpaired) electrons. The summed E-state index contributed by atoms with van der Waals surface area (Å²) < 4.78 is 0. The number of aromatic nitrogens is 1. The van der Waals surface area contributed by atoms with Crippen LogP contribution in [0.25, 0.3) is 33.3 Å². The van der Waals surface area contributed by atoms with Crippen LogP contribution in [0.15, 0.2) is 78.9 Å². The Balaban J connectivity index is 1.94. The van der Waals surface area contributed by atoms with Gasteiger partial charge in [-0.3, -0.25) is 10.1 Å². The van der Waals surface area contributed by atoms with Crippen molar-refractivity contribution in [3.8, 4) is 22.4 Å². The van der Waals surface area contributed by atoms with E-state index in [-0.39, 0.29) is 5.69 Å². The minimum atomic E-state index is -0.408. The molecule has 0 aliphatic heterocycles. The first-order valence-corrected chi connectivity index (χ1v) is 8.40. The van der Waals surface area contributed by atoms with E-state index in [0.717, 1.165) is 33.3 Å². The fourth-order valence-corrected chi connectivity index (χ4v) is 3.13. The first kappa shape index (κ1) is 16.2. The number of hydrogen-bond acceptors (Lipinski definition) is 3. The highest BCUT2D eigenvalue weighted by Gasteiger charge is 2.11. The molecule has 126 valence electrons. The molecule has 0 saturated heterocycles. The minimum absolute atomic E-state index is 0.0598. The SMILES string of the molecule is O=[N+]([O-])c1ccc(-c2cc(-c3ccccc3)c3cc(Cl)ccc3n2)cc1. The zero-order valence-electron chi connectivity index (χ0n) is 13.6. The van der Waals surface area contributed by atoms with Gasteiger partial charge in [0.25, 0.3) is 5.69 Å². The largest absolute Gasteiger partial charge is 0.269 e. The summed E-state index contributed by atoms with van der Waals surface area (Å²) in [4.78, 5) is 15.2. The molecular weight excluding hydrogens is 348 g/mol. The van der Waals surface area contributed by atoms with Crippen LogP contribution in [0, 0.1) is 10.1 Å². The number of fused-ring (bicyclic) bond motifs is 1. The maximum Gasteiger partial charge on any atom is 0.269 e. The van der Waals surface area contributed by atoms with E-state index in [4.69, 9.17) is 16.6 Å². The first-order chi connectivity index (χ1) is 12.6. The normalized spacial score (nSPS) is 10.8. The average Bonchev–Trinajstić information content (AvgIpc) is 2.68. The molecule has 3 aromatic carbocycles. The van der Waals surface area contributed by atoms with Crippen LogP contribution in [0.2, 0.25) is 5.02 Å². The van der Waals surface area contributed by atoms with E-state index in [2.05, 4.69) is 0 Å². The van der Waals surface area contributed by atoms with Crippen molar-refractivity contribution in [2.45, 2.75) is 0 Å². The molecule has 1 heterocycles. The van der Waals surface area contributed by atoms with Crippen molar-refractivity contribution in [3.05, 3.63) is 94.0 Å². The number of pyridine rings is 1. The highest BCUT2D eigenvalue weighted by atomic mass is 35.5. The Morgan fingerprint density at radius 3 is 2.27 bits per heavy atom. The molecule has 0 unspecified atom stereocenters. The molecule has 4 nitrogen and oxygen atoms in total. The number of nitro groups is 1. The van der Waals surface area contributed by atoms with Crippen molar-refractivity contribution >= 4 is 28.2 Å². The number of nitrogens with zero attached hydrogens (tertiary/aromatic N) is 2. The van der Waals surface area contributed by atoms with Crippen LogP contribution in [0.3, 0.4) is 0 Å². The maximum absolute atomic E-state index is 10.9. The van der Waals surface area contributed by atoms with Gasteiger partial charge in [0, 0.05) is 28.1 Å². The number of halogens is 1. The summed E-state index contributed by atoms with van der Waals surface area (Å²) in [5.41, 5.74) is 4.55. The minimum Gasteiger partial charge on any atom is -0.258 e. The monoisotopic (exact) mass is 360 g/mol. The molecule has 0 bridgehead atoms. The van der Waals surface area contributed by atoms with E-state index in [1.165, 1.54) is 12.1 Å². The third-order valence-corrected chi connectivity index (χ3v) is 4.46. The van der Waals surface area contributed by atoms with E-state index < -0.39 is 4.92 Å². The molecule has 26 heavy (non-hydrogen) atoms. The Morgan fingerprint density at radius 2 is 1.58 bits per heavy atom.